The SMILES string of the molecule is Nc1nc(OCc2ccccc2)c2ncn([C@@H]3C[C@H](OCc4ccccc4)[C@@H](COCc4ccccc4)[C@@H]3O)c2n1. The molecule has 1 aliphatic rings. The van der Waals surface area contributed by atoms with Crippen LogP contribution in [0.15, 0.2) is 97.3 Å². The van der Waals surface area contributed by atoms with Gasteiger partial charge >= 0.3 is 0 Å². The monoisotopic (exact) mass is 551 g/mol. The van der Waals surface area contributed by atoms with E-state index in [-0.39, 0.29) is 24.0 Å². The Balaban J connectivity index is 1.23. The molecule has 3 N–H and O–H groups in total. The third-order valence-corrected chi connectivity index (χ3v) is 7.50. The van der Waals surface area contributed by atoms with Gasteiger partial charge in [0.2, 0.25) is 11.8 Å². The van der Waals surface area contributed by atoms with Crippen LogP contribution < -0.4 is 10.5 Å². The highest BCUT2D eigenvalue weighted by Crippen LogP contribution is 2.40. The van der Waals surface area contributed by atoms with Gasteiger partial charge in [0.15, 0.2) is 11.2 Å². The van der Waals surface area contributed by atoms with Crippen LogP contribution in [-0.4, -0.2) is 43.4 Å². The Morgan fingerprint density at radius 1 is 0.805 bits per heavy atom. The van der Waals surface area contributed by atoms with Crippen molar-refractivity contribution in [3.63, 3.8) is 0 Å². The summed E-state index contributed by atoms with van der Waals surface area (Å²) in [5.41, 5.74) is 10.2. The van der Waals surface area contributed by atoms with E-state index in [2.05, 4.69) is 15.0 Å². The molecule has 0 saturated heterocycles. The summed E-state index contributed by atoms with van der Waals surface area (Å²) in [5, 5.41) is 11.6. The van der Waals surface area contributed by atoms with Gasteiger partial charge < -0.3 is 29.6 Å². The number of aliphatic hydroxyl groups excluding tert-OH is 1. The summed E-state index contributed by atoms with van der Waals surface area (Å²) >= 11 is 0. The molecule has 1 saturated carbocycles. The second-order valence-corrected chi connectivity index (χ2v) is 10.3. The number of nitrogens with two attached hydrogens (primary N) is 1. The first-order valence-electron chi connectivity index (χ1n) is 13.8. The summed E-state index contributed by atoms with van der Waals surface area (Å²) in [4.78, 5) is 13.3. The highest BCUT2D eigenvalue weighted by atomic mass is 16.5. The summed E-state index contributed by atoms with van der Waals surface area (Å²) in [7, 11) is 0. The fraction of sp³-hybridized carbons (Fsp3) is 0.281. The summed E-state index contributed by atoms with van der Waals surface area (Å²) in [6.45, 7) is 1.57. The van der Waals surface area contributed by atoms with E-state index in [1.54, 1.807) is 6.33 Å². The zero-order valence-corrected chi connectivity index (χ0v) is 22.6. The first-order valence-corrected chi connectivity index (χ1v) is 13.8. The minimum Gasteiger partial charge on any atom is -0.471 e. The number of rotatable bonds is 11. The Hall–Kier alpha value is -4.31. The Bertz CT molecular complexity index is 1550. The maximum atomic E-state index is 11.6. The third-order valence-electron chi connectivity index (χ3n) is 7.50. The standard InChI is InChI=1S/C32H33N5O4/c33-32-35-30-28(31(36-32)41-19-24-14-8-3-9-15-24)34-21-37(30)26-16-27(40-18-23-12-6-2-7-13-23)25(29(26)38)20-39-17-22-10-4-1-5-11-22/h1-15,21,25-27,29,38H,16-20H2,(H2,33,35,36)/t25-,26-,27+,29+/m1/s1. The summed E-state index contributed by atoms with van der Waals surface area (Å²) in [5.74, 6) is 0.134. The molecule has 210 valence electrons. The minimum atomic E-state index is -0.756. The van der Waals surface area contributed by atoms with Crippen molar-refractivity contribution in [1.29, 1.82) is 0 Å². The molecular weight excluding hydrogens is 518 g/mol. The van der Waals surface area contributed by atoms with E-state index in [4.69, 9.17) is 19.9 Å². The fourth-order valence-electron chi connectivity index (χ4n) is 5.37. The van der Waals surface area contributed by atoms with Crippen LogP contribution in [0.5, 0.6) is 5.88 Å². The molecule has 9 nitrogen and oxygen atoms in total. The van der Waals surface area contributed by atoms with Crippen molar-refractivity contribution in [2.75, 3.05) is 12.3 Å². The number of nitrogens with zero attached hydrogens (tertiary/aromatic N) is 4. The zero-order valence-electron chi connectivity index (χ0n) is 22.6. The number of fused-ring (bicyclic) bond motifs is 1. The molecule has 5 aromatic rings. The summed E-state index contributed by atoms with van der Waals surface area (Å²) in [6.07, 6.45) is 1.23. The Kier molecular flexibility index (Phi) is 8.18. The number of aliphatic hydroxyl groups is 1. The molecule has 1 aliphatic carbocycles. The van der Waals surface area contributed by atoms with E-state index >= 15 is 0 Å². The smallest absolute Gasteiger partial charge is 0.247 e. The molecule has 3 aromatic carbocycles. The van der Waals surface area contributed by atoms with Gasteiger partial charge in [-0.3, -0.25) is 0 Å². The molecule has 0 bridgehead atoms. The minimum absolute atomic E-state index is 0.0782. The van der Waals surface area contributed by atoms with Gasteiger partial charge in [0.1, 0.15) is 6.61 Å². The second-order valence-electron chi connectivity index (χ2n) is 10.3. The molecule has 0 amide bonds. The maximum Gasteiger partial charge on any atom is 0.247 e. The molecule has 0 radical (unpaired) electrons. The van der Waals surface area contributed by atoms with Crippen molar-refractivity contribution in [2.24, 2.45) is 5.92 Å². The van der Waals surface area contributed by atoms with Crippen molar-refractivity contribution in [1.82, 2.24) is 19.5 Å². The van der Waals surface area contributed by atoms with Crippen molar-refractivity contribution >= 4 is 17.1 Å². The Morgan fingerprint density at radius 3 is 2.07 bits per heavy atom. The van der Waals surface area contributed by atoms with E-state index in [1.165, 1.54) is 0 Å². The van der Waals surface area contributed by atoms with Gasteiger partial charge in [0, 0.05) is 5.92 Å². The highest BCUT2D eigenvalue weighted by molar-refractivity contribution is 5.77. The lowest BCUT2D eigenvalue weighted by Gasteiger charge is -2.23. The van der Waals surface area contributed by atoms with E-state index in [0.29, 0.717) is 49.9 Å². The van der Waals surface area contributed by atoms with Gasteiger partial charge in [-0.25, -0.2) is 4.98 Å². The number of hydrogen-bond donors (Lipinski definition) is 2. The summed E-state index contributed by atoms with van der Waals surface area (Å²) in [6, 6.07) is 29.5. The van der Waals surface area contributed by atoms with Crippen molar-refractivity contribution in [3.8, 4) is 5.88 Å². The molecule has 41 heavy (non-hydrogen) atoms. The number of nitrogen functional groups attached to an aromatic ring is 1. The summed E-state index contributed by atoms with van der Waals surface area (Å²) < 4.78 is 20.3. The fourth-order valence-corrected chi connectivity index (χ4v) is 5.37. The van der Waals surface area contributed by atoms with Crippen LogP contribution in [0.4, 0.5) is 5.95 Å². The second kappa shape index (κ2) is 12.5. The molecule has 0 unspecified atom stereocenters. The number of aromatic nitrogens is 4. The zero-order chi connectivity index (χ0) is 28.0. The van der Waals surface area contributed by atoms with Gasteiger partial charge in [-0.2, -0.15) is 9.97 Å². The Morgan fingerprint density at radius 2 is 1.41 bits per heavy atom. The average Bonchev–Trinajstić information content (AvgIpc) is 3.56. The molecule has 4 atom stereocenters. The van der Waals surface area contributed by atoms with Crippen LogP contribution in [-0.2, 0) is 29.3 Å². The average molecular weight is 552 g/mol. The molecular formula is C32H33N5O4. The van der Waals surface area contributed by atoms with Gasteiger partial charge in [-0.05, 0) is 23.1 Å². The highest BCUT2D eigenvalue weighted by Gasteiger charge is 2.45. The molecule has 2 aromatic heterocycles. The van der Waals surface area contributed by atoms with Crippen molar-refractivity contribution in [3.05, 3.63) is 114 Å². The van der Waals surface area contributed by atoms with Crippen LogP contribution in [0, 0.1) is 5.92 Å². The van der Waals surface area contributed by atoms with E-state index in [9.17, 15) is 5.11 Å². The van der Waals surface area contributed by atoms with Gasteiger partial charge in [0.25, 0.3) is 0 Å². The lowest BCUT2D eigenvalue weighted by Crippen LogP contribution is -2.31. The van der Waals surface area contributed by atoms with E-state index < -0.39 is 6.10 Å². The number of benzene rings is 3. The van der Waals surface area contributed by atoms with E-state index in [0.717, 1.165) is 16.7 Å². The lowest BCUT2D eigenvalue weighted by atomic mass is 10.0. The van der Waals surface area contributed by atoms with Crippen LogP contribution in [0.1, 0.15) is 29.2 Å². The van der Waals surface area contributed by atoms with E-state index in [1.807, 2.05) is 95.6 Å². The number of hydrogen-bond acceptors (Lipinski definition) is 8. The van der Waals surface area contributed by atoms with Gasteiger partial charge in [-0.1, -0.05) is 91.0 Å². The van der Waals surface area contributed by atoms with Crippen LogP contribution in [0.3, 0.4) is 0 Å². The largest absolute Gasteiger partial charge is 0.471 e. The predicted octanol–water partition coefficient (Wildman–Crippen LogP) is 4.71. The van der Waals surface area contributed by atoms with Crippen LogP contribution in [0.25, 0.3) is 11.2 Å². The molecule has 0 aliphatic heterocycles. The van der Waals surface area contributed by atoms with Crippen molar-refractivity contribution in [2.45, 2.75) is 44.5 Å². The normalized spacial score (nSPS) is 20.4. The van der Waals surface area contributed by atoms with Crippen LogP contribution >= 0.6 is 0 Å². The van der Waals surface area contributed by atoms with Crippen molar-refractivity contribution < 1.29 is 19.3 Å². The molecule has 1 fully saturated rings. The topological polar surface area (TPSA) is 118 Å². The van der Waals surface area contributed by atoms with Gasteiger partial charge in [0.05, 0.1) is 44.4 Å². The van der Waals surface area contributed by atoms with Crippen LogP contribution in [0.2, 0.25) is 0 Å². The molecule has 6 rings (SSSR count). The first kappa shape index (κ1) is 26.9. The quantitative estimate of drug-likeness (QED) is 0.242. The maximum absolute atomic E-state index is 11.6. The lowest BCUT2D eigenvalue weighted by molar-refractivity contribution is -0.0475. The third kappa shape index (κ3) is 6.22. The first-order chi connectivity index (χ1) is 20.2. The van der Waals surface area contributed by atoms with Gasteiger partial charge in [-0.15, -0.1) is 0 Å². The number of imidazole rings is 1. The molecule has 0 spiro atoms. The molecule has 2 heterocycles. The number of anilines is 1. The Labute approximate surface area is 238 Å². The molecule has 9 heteroatoms. The number of ether oxygens (including phenoxy) is 3. The predicted molar refractivity (Wildman–Crippen MR) is 155 cm³/mol.